The normalized spacial score (nSPS) is 17.8. The van der Waals surface area contributed by atoms with E-state index in [0.29, 0.717) is 23.8 Å². The molecule has 0 bridgehead atoms. The summed E-state index contributed by atoms with van der Waals surface area (Å²) in [5.41, 5.74) is 2.47. The van der Waals surface area contributed by atoms with Crippen molar-refractivity contribution in [2.45, 2.75) is 32.2 Å². The molecule has 0 aliphatic carbocycles. The van der Waals surface area contributed by atoms with E-state index in [4.69, 9.17) is 16.6 Å². The number of fused-ring (bicyclic) bond motifs is 1. The Bertz CT molecular complexity index is 960. The van der Waals surface area contributed by atoms with E-state index >= 15 is 0 Å². The van der Waals surface area contributed by atoms with E-state index in [9.17, 15) is 4.79 Å². The summed E-state index contributed by atoms with van der Waals surface area (Å²) < 4.78 is 3.84. The molecule has 0 spiro atoms. The highest BCUT2D eigenvalue weighted by Crippen LogP contribution is 2.29. The Balaban J connectivity index is 1.59. The maximum Gasteiger partial charge on any atom is 0.275 e. The van der Waals surface area contributed by atoms with E-state index in [2.05, 4.69) is 15.7 Å². The van der Waals surface area contributed by atoms with Crippen LogP contribution in [0.2, 0.25) is 5.02 Å². The molecule has 3 heterocycles. The Kier molecular flexibility index (Phi) is 4.44. The van der Waals surface area contributed by atoms with Crippen LogP contribution in [0.1, 0.15) is 42.0 Å². The zero-order valence-electron chi connectivity index (χ0n) is 15.0. The van der Waals surface area contributed by atoms with Crippen molar-refractivity contribution in [3.63, 3.8) is 0 Å². The Labute approximate surface area is 157 Å². The lowest BCUT2D eigenvalue weighted by Gasteiger charge is -2.32. The molecule has 3 aromatic rings. The molecule has 0 N–H and O–H groups in total. The van der Waals surface area contributed by atoms with E-state index in [-0.39, 0.29) is 11.8 Å². The molecule has 1 amide bonds. The molecular weight excluding hydrogens is 350 g/mol. The first-order valence-corrected chi connectivity index (χ1v) is 9.40. The highest BCUT2D eigenvalue weighted by Gasteiger charge is 2.30. The van der Waals surface area contributed by atoms with Crippen LogP contribution in [0.3, 0.4) is 0 Å². The zero-order valence-corrected chi connectivity index (χ0v) is 15.8. The number of carbonyl (C=O) groups is 1. The quantitative estimate of drug-likeness (QED) is 0.708. The molecule has 2 aromatic heterocycles. The van der Waals surface area contributed by atoms with Gasteiger partial charge in [0.2, 0.25) is 0 Å². The number of benzene rings is 1. The summed E-state index contributed by atoms with van der Waals surface area (Å²) in [6.45, 7) is 4.04. The van der Waals surface area contributed by atoms with Crippen LogP contribution in [0.5, 0.6) is 0 Å². The van der Waals surface area contributed by atoms with Crippen molar-refractivity contribution >= 4 is 28.5 Å². The molecular formula is C19H22ClN5O. The maximum absolute atomic E-state index is 12.9. The smallest absolute Gasteiger partial charge is 0.275 e. The van der Waals surface area contributed by atoms with Gasteiger partial charge < -0.3 is 9.47 Å². The Morgan fingerprint density at radius 2 is 2.15 bits per heavy atom. The average Bonchev–Trinajstić information content (AvgIpc) is 3.21. The number of carbonyl (C=O) groups excluding carboxylic acids is 1. The molecule has 1 saturated heterocycles. The largest absolute Gasteiger partial charge is 0.336 e. The SMILES string of the molecule is CCn1cc(Cl)c(C(=O)N2CCCC(c3nc4ccccc4n3C)C2)n1. The number of amides is 1. The molecule has 136 valence electrons. The van der Waals surface area contributed by atoms with Gasteiger partial charge >= 0.3 is 0 Å². The second kappa shape index (κ2) is 6.76. The molecule has 26 heavy (non-hydrogen) atoms. The van der Waals surface area contributed by atoms with Gasteiger partial charge in [-0.1, -0.05) is 23.7 Å². The molecule has 6 nitrogen and oxygen atoms in total. The van der Waals surface area contributed by atoms with Gasteiger partial charge in [0.1, 0.15) is 5.82 Å². The van der Waals surface area contributed by atoms with E-state index in [0.717, 1.165) is 36.2 Å². The molecule has 1 unspecified atom stereocenters. The fraction of sp³-hybridized carbons (Fsp3) is 0.421. The predicted molar refractivity (Wildman–Crippen MR) is 102 cm³/mol. The predicted octanol–water partition coefficient (Wildman–Crippen LogP) is 3.46. The molecule has 1 fully saturated rings. The van der Waals surface area contributed by atoms with Crippen LogP contribution in [0, 0.1) is 0 Å². The molecule has 1 aromatic carbocycles. The minimum atomic E-state index is -0.0920. The summed E-state index contributed by atoms with van der Waals surface area (Å²) in [7, 11) is 2.05. The van der Waals surface area contributed by atoms with Crippen LogP contribution in [0.25, 0.3) is 11.0 Å². The highest BCUT2D eigenvalue weighted by molar-refractivity contribution is 6.33. The van der Waals surface area contributed by atoms with E-state index in [1.54, 1.807) is 10.9 Å². The summed E-state index contributed by atoms with van der Waals surface area (Å²) >= 11 is 6.22. The standard InChI is InChI=1S/C19H22ClN5O/c1-3-25-12-14(20)17(22-25)19(26)24-10-6-7-13(11-24)18-21-15-8-4-5-9-16(15)23(18)2/h4-5,8-9,12-13H,3,6-7,10-11H2,1-2H3. The van der Waals surface area contributed by atoms with Gasteiger partial charge in [-0.05, 0) is 31.9 Å². The first-order valence-electron chi connectivity index (χ1n) is 9.02. The molecule has 1 aliphatic rings. The number of piperidine rings is 1. The number of para-hydroxylation sites is 2. The average molecular weight is 372 g/mol. The van der Waals surface area contributed by atoms with Crippen LogP contribution >= 0.6 is 11.6 Å². The third-order valence-electron chi connectivity index (χ3n) is 5.14. The Morgan fingerprint density at radius 1 is 1.35 bits per heavy atom. The van der Waals surface area contributed by atoms with Gasteiger partial charge in [0.25, 0.3) is 5.91 Å². The maximum atomic E-state index is 12.9. The fourth-order valence-electron chi connectivity index (χ4n) is 3.76. The molecule has 0 saturated carbocycles. The van der Waals surface area contributed by atoms with Crippen molar-refractivity contribution in [3.8, 4) is 0 Å². The van der Waals surface area contributed by atoms with Gasteiger partial charge in [-0.15, -0.1) is 0 Å². The summed E-state index contributed by atoms with van der Waals surface area (Å²) in [5, 5.41) is 4.74. The van der Waals surface area contributed by atoms with Crippen molar-refractivity contribution in [3.05, 3.63) is 47.0 Å². The molecule has 1 aliphatic heterocycles. The van der Waals surface area contributed by atoms with Crippen LogP contribution < -0.4 is 0 Å². The lowest BCUT2D eigenvalue weighted by molar-refractivity contribution is 0.0697. The number of aryl methyl sites for hydroxylation is 2. The van der Waals surface area contributed by atoms with Crippen molar-refractivity contribution in [2.24, 2.45) is 7.05 Å². The number of nitrogens with zero attached hydrogens (tertiary/aromatic N) is 5. The summed E-state index contributed by atoms with van der Waals surface area (Å²) in [4.78, 5) is 19.6. The number of halogens is 1. The highest BCUT2D eigenvalue weighted by atomic mass is 35.5. The number of aromatic nitrogens is 4. The first-order chi connectivity index (χ1) is 12.6. The van der Waals surface area contributed by atoms with E-state index in [1.807, 2.05) is 37.1 Å². The van der Waals surface area contributed by atoms with E-state index in [1.165, 1.54) is 0 Å². The lowest BCUT2D eigenvalue weighted by atomic mass is 9.97. The van der Waals surface area contributed by atoms with E-state index < -0.39 is 0 Å². The van der Waals surface area contributed by atoms with Crippen LogP contribution in [-0.4, -0.2) is 43.2 Å². The molecule has 7 heteroatoms. The van der Waals surface area contributed by atoms with Gasteiger partial charge in [-0.25, -0.2) is 4.98 Å². The minimum Gasteiger partial charge on any atom is -0.336 e. The van der Waals surface area contributed by atoms with Gasteiger partial charge in [-0.3, -0.25) is 9.48 Å². The van der Waals surface area contributed by atoms with Crippen LogP contribution in [0.4, 0.5) is 0 Å². The van der Waals surface area contributed by atoms with Crippen molar-refractivity contribution in [1.82, 2.24) is 24.2 Å². The van der Waals surface area contributed by atoms with Gasteiger partial charge in [-0.2, -0.15) is 5.10 Å². The topological polar surface area (TPSA) is 56.0 Å². The number of rotatable bonds is 3. The van der Waals surface area contributed by atoms with Crippen molar-refractivity contribution in [1.29, 1.82) is 0 Å². The third-order valence-corrected chi connectivity index (χ3v) is 5.42. The Morgan fingerprint density at radius 3 is 2.88 bits per heavy atom. The van der Waals surface area contributed by atoms with Crippen LogP contribution in [-0.2, 0) is 13.6 Å². The number of likely N-dealkylation sites (tertiary alicyclic amines) is 1. The molecule has 1 atom stereocenters. The minimum absolute atomic E-state index is 0.0920. The summed E-state index contributed by atoms with van der Waals surface area (Å²) in [6, 6.07) is 8.13. The monoisotopic (exact) mass is 371 g/mol. The van der Waals surface area contributed by atoms with Gasteiger partial charge in [0.05, 0.1) is 16.1 Å². The lowest BCUT2D eigenvalue weighted by Crippen LogP contribution is -2.40. The second-order valence-corrected chi connectivity index (χ2v) is 7.20. The fourth-order valence-corrected chi connectivity index (χ4v) is 3.99. The Hall–Kier alpha value is -2.34. The third kappa shape index (κ3) is 2.88. The number of hydrogen-bond acceptors (Lipinski definition) is 3. The summed E-state index contributed by atoms with van der Waals surface area (Å²) in [6.07, 6.45) is 3.69. The van der Waals surface area contributed by atoms with Gasteiger partial charge in [0, 0.05) is 38.8 Å². The van der Waals surface area contributed by atoms with Gasteiger partial charge in [0.15, 0.2) is 5.69 Å². The second-order valence-electron chi connectivity index (χ2n) is 6.79. The molecule has 4 rings (SSSR count). The zero-order chi connectivity index (χ0) is 18.3. The summed E-state index contributed by atoms with van der Waals surface area (Å²) in [5.74, 6) is 1.16. The van der Waals surface area contributed by atoms with Crippen LogP contribution in [0.15, 0.2) is 30.5 Å². The molecule has 0 radical (unpaired) electrons. The first kappa shape index (κ1) is 17.1. The number of hydrogen-bond donors (Lipinski definition) is 0. The van der Waals surface area contributed by atoms with Crippen molar-refractivity contribution < 1.29 is 4.79 Å². The van der Waals surface area contributed by atoms with Crippen molar-refractivity contribution in [2.75, 3.05) is 13.1 Å². The number of imidazole rings is 1.